The first-order valence-corrected chi connectivity index (χ1v) is 6.98. The maximum atomic E-state index is 4.15. The standard InChI is InChI=1S/C18H22N2/c1-15-9-4-6-11-17(15)20(14-8-13-19-3)18-12-7-5-10-16(18)2/h4-7,9-12,19H,1-2,8,13-14H2,3H3. The number of benzene rings is 2. The first-order chi connectivity index (χ1) is 9.74. The van der Waals surface area contributed by atoms with E-state index in [0.717, 1.165) is 42.0 Å². The minimum Gasteiger partial charge on any atom is -0.341 e. The van der Waals surface area contributed by atoms with Gasteiger partial charge in [-0.3, -0.25) is 0 Å². The Morgan fingerprint density at radius 1 is 0.900 bits per heavy atom. The molecule has 0 aromatic heterocycles. The van der Waals surface area contributed by atoms with Crippen LogP contribution in [0.3, 0.4) is 0 Å². The fourth-order valence-electron chi connectivity index (χ4n) is 2.33. The highest BCUT2D eigenvalue weighted by molar-refractivity contribution is 5.70. The van der Waals surface area contributed by atoms with Crippen molar-refractivity contribution < 1.29 is 0 Å². The zero-order valence-corrected chi connectivity index (χ0v) is 12.1. The van der Waals surface area contributed by atoms with Gasteiger partial charge in [0.15, 0.2) is 0 Å². The van der Waals surface area contributed by atoms with E-state index in [9.17, 15) is 0 Å². The minimum absolute atomic E-state index is 0.944. The molecule has 2 aromatic rings. The third kappa shape index (κ3) is 3.40. The van der Waals surface area contributed by atoms with Crippen LogP contribution in [0.5, 0.6) is 0 Å². The molecule has 0 saturated carbocycles. The summed E-state index contributed by atoms with van der Waals surface area (Å²) in [4.78, 5) is 2.31. The van der Waals surface area contributed by atoms with Gasteiger partial charge in [0.05, 0.1) is 0 Å². The number of nitrogens with zero attached hydrogens (tertiary/aromatic N) is 1. The van der Waals surface area contributed by atoms with Crippen LogP contribution in [-0.4, -0.2) is 20.1 Å². The van der Waals surface area contributed by atoms with Gasteiger partial charge < -0.3 is 10.2 Å². The van der Waals surface area contributed by atoms with Gasteiger partial charge in [0.25, 0.3) is 0 Å². The van der Waals surface area contributed by atoms with Crippen molar-refractivity contribution in [1.29, 1.82) is 0 Å². The van der Waals surface area contributed by atoms with Crippen molar-refractivity contribution in [1.82, 2.24) is 5.32 Å². The molecule has 104 valence electrons. The molecule has 0 saturated heterocycles. The second-order valence-electron chi connectivity index (χ2n) is 4.87. The lowest BCUT2D eigenvalue weighted by Crippen LogP contribution is -2.23. The van der Waals surface area contributed by atoms with Crippen molar-refractivity contribution >= 4 is 11.4 Å². The molecule has 0 unspecified atom stereocenters. The molecule has 2 nitrogen and oxygen atoms in total. The van der Waals surface area contributed by atoms with Crippen molar-refractivity contribution in [2.45, 2.75) is 6.42 Å². The molecule has 2 aromatic carbocycles. The number of rotatable bonds is 6. The van der Waals surface area contributed by atoms with Crippen LogP contribution >= 0.6 is 0 Å². The average molecular weight is 266 g/mol. The van der Waals surface area contributed by atoms with E-state index in [1.165, 1.54) is 0 Å². The van der Waals surface area contributed by atoms with Gasteiger partial charge in [0, 0.05) is 17.9 Å². The van der Waals surface area contributed by atoms with Crippen LogP contribution in [0.2, 0.25) is 0 Å². The van der Waals surface area contributed by atoms with Crippen molar-refractivity contribution in [3.05, 3.63) is 73.5 Å². The Morgan fingerprint density at radius 2 is 1.40 bits per heavy atom. The maximum absolute atomic E-state index is 4.15. The summed E-state index contributed by atoms with van der Waals surface area (Å²) in [6, 6.07) is 16.5. The van der Waals surface area contributed by atoms with Gasteiger partial charge in [-0.1, -0.05) is 36.4 Å². The van der Waals surface area contributed by atoms with E-state index >= 15 is 0 Å². The minimum atomic E-state index is 0.944. The maximum Gasteiger partial charge on any atom is 0.0443 e. The number of nitrogens with one attached hydrogen (secondary N) is 1. The summed E-state index contributed by atoms with van der Waals surface area (Å²) in [5.74, 6) is 0. The second-order valence-corrected chi connectivity index (χ2v) is 4.87. The molecule has 0 fully saturated rings. The molecule has 0 bridgehead atoms. The van der Waals surface area contributed by atoms with Gasteiger partial charge in [-0.15, -0.1) is 0 Å². The monoisotopic (exact) mass is 266 g/mol. The van der Waals surface area contributed by atoms with Crippen LogP contribution in [0.15, 0.2) is 48.5 Å². The fourth-order valence-corrected chi connectivity index (χ4v) is 2.33. The highest BCUT2D eigenvalue weighted by Gasteiger charge is 2.12. The molecule has 0 aliphatic heterocycles. The molecule has 2 radical (unpaired) electrons. The molecule has 0 amide bonds. The lowest BCUT2D eigenvalue weighted by atomic mass is 10.1. The normalized spacial score (nSPS) is 10.6. The summed E-state index contributed by atoms with van der Waals surface area (Å²) in [7, 11) is 1.98. The van der Waals surface area contributed by atoms with Gasteiger partial charge in [0.1, 0.15) is 0 Å². The Hall–Kier alpha value is -1.80. The number of hydrogen-bond donors (Lipinski definition) is 1. The number of hydrogen-bond acceptors (Lipinski definition) is 2. The van der Waals surface area contributed by atoms with Crippen molar-refractivity contribution in [3.63, 3.8) is 0 Å². The lowest BCUT2D eigenvalue weighted by molar-refractivity contribution is 0.723. The summed E-state index contributed by atoms with van der Waals surface area (Å²) in [5, 5.41) is 3.20. The summed E-state index contributed by atoms with van der Waals surface area (Å²) in [6.07, 6.45) is 1.07. The van der Waals surface area contributed by atoms with E-state index in [0.29, 0.717) is 0 Å². The molecular formula is C18H22N2. The summed E-state index contributed by atoms with van der Waals surface area (Å²) < 4.78 is 0. The van der Waals surface area contributed by atoms with E-state index in [4.69, 9.17) is 0 Å². The zero-order valence-electron chi connectivity index (χ0n) is 12.1. The highest BCUT2D eigenvalue weighted by Crippen LogP contribution is 2.30. The topological polar surface area (TPSA) is 15.3 Å². The highest BCUT2D eigenvalue weighted by atomic mass is 15.1. The van der Waals surface area contributed by atoms with Gasteiger partial charge in [-0.2, -0.15) is 0 Å². The van der Waals surface area contributed by atoms with Gasteiger partial charge in [-0.25, -0.2) is 0 Å². The van der Waals surface area contributed by atoms with Crippen LogP contribution in [0, 0.1) is 13.8 Å². The Kier molecular flexibility index (Phi) is 5.19. The molecule has 2 rings (SSSR count). The molecule has 20 heavy (non-hydrogen) atoms. The Morgan fingerprint density at radius 3 is 1.85 bits per heavy atom. The SMILES string of the molecule is [CH2]c1ccccc1N(CCCNC)c1ccccc1[CH2]. The van der Waals surface area contributed by atoms with Gasteiger partial charge >= 0.3 is 0 Å². The first-order valence-electron chi connectivity index (χ1n) is 6.98. The Bertz CT molecular complexity index is 503. The smallest absolute Gasteiger partial charge is 0.0443 e. The van der Waals surface area contributed by atoms with E-state index in [2.05, 4.69) is 48.3 Å². The largest absolute Gasteiger partial charge is 0.341 e. The van der Waals surface area contributed by atoms with Gasteiger partial charge in [0.2, 0.25) is 0 Å². The predicted octanol–water partition coefficient (Wildman–Crippen LogP) is 3.80. The predicted molar refractivity (Wildman–Crippen MR) is 87.4 cm³/mol. The zero-order chi connectivity index (χ0) is 14.4. The van der Waals surface area contributed by atoms with Crippen LogP contribution in [-0.2, 0) is 0 Å². The van der Waals surface area contributed by atoms with Crippen LogP contribution in [0.25, 0.3) is 0 Å². The van der Waals surface area contributed by atoms with Crippen molar-refractivity contribution in [3.8, 4) is 0 Å². The Labute approximate surface area is 122 Å². The second kappa shape index (κ2) is 7.11. The number of anilines is 2. The summed E-state index contributed by atoms with van der Waals surface area (Å²) in [5.41, 5.74) is 4.39. The average Bonchev–Trinajstić information content (AvgIpc) is 2.46. The van der Waals surface area contributed by atoms with Crippen LogP contribution < -0.4 is 10.2 Å². The van der Waals surface area contributed by atoms with Crippen LogP contribution in [0.1, 0.15) is 17.5 Å². The molecule has 1 N–H and O–H groups in total. The molecule has 0 aliphatic rings. The fraction of sp³-hybridized carbons (Fsp3) is 0.222. The van der Waals surface area contributed by atoms with E-state index < -0.39 is 0 Å². The summed E-state index contributed by atoms with van der Waals surface area (Å²) in [6.45, 7) is 10.2. The van der Waals surface area contributed by atoms with E-state index in [1.807, 2.05) is 31.3 Å². The Balaban J connectivity index is 2.35. The molecule has 0 atom stereocenters. The van der Waals surface area contributed by atoms with Crippen molar-refractivity contribution in [2.75, 3.05) is 25.0 Å². The quantitative estimate of drug-likeness (QED) is 0.800. The van der Waals surface area contributed by atoms with Gasteiger partial charge in [-0.05, 0) is 57.1 Å². The third-order valence-electron chi connectivity index (χ3n) is 3.37. The van der Waals surface area contributed by atoms with E-state index in [-0.39, 0.29) is 0 Å². The molecule has 2 heteroatoms. The number of para-hydroxylation sites is 2. The molecule has 0 aliphatic carbocycles. The lowest BCUT2D eigenvalue weighted by Gasteiger charge is -2.28. The summed E-state index contributed by atoms with van der Waals surface area (Å²) >= 11 is 0. The molecular weight excluding hydrogens is 244 g/mol. The van der Waals surface area contributed by atoms with Crippen molar-refractivity contribution in [2.24, 2.45) is 0 Å². The third-order valence-corrected chi connectivity index (χ3v) is 3.37. The molecule has 0 heterocycles. The van der Waals surface area contributed by atoms with E-state index in [1.54, 1.807) is 0 Å². The first kappa shape index (κ1) is 14.6. The van der Waals surface area contributed by atoms with Crippen LogP contribution in [0.4, 0.5) is 11.4 Å². The molecule has 0 spiro atoms.